The number of hydrogen-bond acceptors (Lipinski definition) is 2. The SMILES string of the molecule is CC1(C)CCC(C)(C)c2c(N(c3ccc(-c4ccccc4)cc3)c3cccc4c3Sc3c(-c5ccccc5)cccc3C43C4CC5CC(C4)CC3C5)cccc21. The molecule has 1 aliphatic heterocycles. The molecule has 4 bridgehead atoms. The predicted octanol–water partition coefficient (Wildman–Crippen LogP) is 15.0. The number of hydrogen-bond donors (Lipinski definition) is 0. The van der Waals surface area contributed by atoms with Gasteiger partial charge in [-0.2, -0.15) is 0 Å². The van der Waals surface area contributed by atoms with Crippen LogP contribution in [0.15, 0.2) is 149 Å². The highest BCUT2D eigenvalue weighted by Gasteiger charge is 2.61. The molecule has 6 aliphatic rings. The second-order valence-electron chi connectivity index (χ2n) is 19.2. The van der Waals surface area contributed by atoms with Crippen LogP contribution in [0.25, 0.3) is 22.3 Å². The van der Waals surface area contributed by atoms with Gasteiger partial charge in [0.2, 0.25) is 0 Å². The summed E-state index contributed by atoms with van der Waals surface area (Å²) in [6, 6.07) is 53.5. The quantitative estimate of drug-likeness (QED) is 0.173. The van der Waals surface area contributed by atoms with Crippen molar-refractivity contribution in [3.8, 4) is 22.3 Å². The van der Waals surface area contributed by atoms with Crippen molar-refractivity contribution in [2.24, 2.45) is 23.7 Å². The molecule has 0 radical (unpaired) electrons. The molecule has 4 fully saturated rings. The Balaban J connectivity index is 1.18. The zero-order chi connectivity index (χ0) is 37.8. The van der Waals surface area contributed by atoms with Crippen LogP contribution < -0.4 is 4.90 Å². The van der Waals surface area contributed by atoms with E-state index in [-0.39, 0.29) is 16.2 Å². The minimum atomic E-state index is 0.0321. The first-order valence-corrected chi connectivity index (χ1v) is 22.1. The Hall–Kier alpha value is -4.53. The Morgan fingerprint density at radius 3 is 1.66 bits per heavy atom. The van der Waals surface area contributed by atoms with E-state index in [0.717, 1.165) is 11.8 Å². The van der Waals surface area contributed by atoms with Gasteiger partial charge in [-0.25, -0.2) is 0 Å². The molecule has 1 nitrogen and oxygen atoms in total. The van der Waals surface area contributed by atoms with Gasteiger partial charge in [0.25, 0.3) is 0 Å². The van der Waals surface area contributed by atoms with Crippen LogP contribution in [0.1, 0.15) is 94.9 Å². The number of nitrogens with zero attached hydrogens (tertiary/aromatic N) is 1. The van der Waals surface area contributed by atoms with Crippen LogP contribution in [0, 0.1) is 23.7 Å². The molecule has 6 aromatic rings. The highest BCUT2D eigenvalue weighted by Crippen LogP contribution is 2.70. The van der Waals surface area contributed by atoms with Crippen LogP contribution >= 0.6 is 11.8 Å². The Kier molecular flexibility index (Phi) is 7.89. The zero-order valence-corrected chi connectivity index (χ0v) is 34.2. The number of fused-ring (bicyclic) bond motifs is 3. The van der Waals surface area contributed by atoms with Gasteiger partial charge in [-0.1, -0.05) is 155 Å². The normalized spacial score (nSPS) is 26.0. The van der Waals surface area contributed by atoms with Crippen LogP contribution in [-0.4, -0.2) is 0 Å². The van der Waals surface area contributed by atoms with Crippen molar-refractivity contribution >= 4 is 28.8 Å². The van der Waals surface area contributed by atoms with Crippen molar-refractivity contribution in [2.45, 2.75) is 98.7 Å². The molecule has 2 heteroatoms. The summed E-state index contributed by atoms with van der Waals surface area (Å²) in [6.45, 7) is 9.90. The number of benzene rings is 6. The van der Waals surface area contributed by atoms with Gasteiger partial charge >= 0.3 is 0 Å². The largest absolute Gasteiger partial charge is 0.309 e. The van der Waals surface area contributed by atoms with Crippen LogP contribution in [0.2, 0.25) is 0 Å². The molecule has 0 atom stereocenters. The molecule has 280 valence electrons. The van der Waals surface area contributed by atoms with Crippen LogP contribution in [0.4, 0.5) is 17.1 Å². The topological polar surface area (TPSA) is 3.24 Å². The van der Waals surface area contributed by atoms with E-state index < -0.39 is 0 Å². The second kappa shape index (κ2) is 12.7. The molecule has 0 saturated heterocycles. The van der Waals surface area contributed by atoms with Gasteiger partial charge in [-0.3, -0.25) is 0 Å². The maximum Gasteiger partial charge on any atom is 0.0604 e. The Bertz CT molecular complexity index is 2430. The van der Waals surface area contributed by atoms with Crippen LogP contribution in [0.3, 0.4) is 0 Å². The molecule has 0 amide bonds. The van der Waals surface area contributed by atoms with E-state index in [1.807, 2.05) is 0 Å². The Labute approximate surface area is 338 Å². The third-order valence-corrected chi connectivity index (χ3v) is 16.4. The lowest BCUT2D eigenvalue weighted by Crippen LogP contribution is -2.57. The summed E-state index contributed by atoms with van der Waals surface area (Å²) >= 11 is 2.06. The molecular formula is C54H53NS. The fourth-order valence-corrected chi connectivity index (χ4v) is 14.2. The van der Waals surface area contributed by atoms with Gasteiger partial charge in [0.05, 0.1) is 11.4 Å². The lowest BCUT2D eigenvalue weighted by atomic mass is 9.42. The second-order valence-corrected chi connectivity index (χ2v) is 20.2. The predicted molar refractivity (Wildman–Crippen MR) is 236 cm³/mol. The third kappa shape index (κ3) is 5.13. The summed E-state index contributed by atoms with van der Waals surface area (Å²) in [6.07, 6.45) is 9.32. The number of anilines is 3. The van der Waals surface area contributed by atoms with Gasteiger partial charge < -0.3 is 4.90 Å². The van der Waals surface area contributed by atoms with E-state index in [4.69, 9.17) is 0 Å². The average Bonchev–Trinajstić information content (AvgIpc) is 3.22. The van der Waals surface area contributed by atoms with Crippen molar-refractivity contribution < 1.29 is 0 Å². The lowest BCUT2D eigenvalue weighted by Gasteiger charge is -2.63. The van der Waals surface area contributed by atoms with Crippen molar-refractivity contribution in [3.05, 3.63) is 162 Å². The third-order valence-electron chi connectivity index (χ3n) is 15.2. The van der Waals surface area contributed by atoms with Gasteiger partial charge in [0, 0.05) is 20.9 Å². The number of rotatable bonds is 5. The summed E-state index contributed by atoms with van der Waals surface area (Å²) in [4.78, 5) is 5.64. The molecule has 1 spiro atoms. The van der Waals surface area contributed by atoms with Gasteiger partial charge in [0.15, 0.2) is 0 Å². The standard InChI is InChI=1S/C54H53NS/c1-52(2)28-29-53(3,4)49-44(52)19-12-22-47(49)55(42-26-24-38(25-27-42)37-14-7-5-8-15-37)48-23-13-21-46-51(48)56-50-43(39-16-9-6-10-17-39)18-11-20-45(50)54(46)40-31-35-30-36(33-40)34-41(54)32-35/h5-27,35-36,40-41H,28-34H2,1-4H3. The average molecular weight is 748 g/mol. The maximum atomic E-state index is 2.68. The Morgan fingerprint density at radius 1 is 0.464 bits per heavy atom. The molecule has 6 aromatic carbocycles. The van der Waals surface area contributed by atoms with E-state index >= 15 is 0 Å². The summed E-state index contributed by atoms with van der Waals surface area (Å²) in [5.41, 5.74) is 15.5. The minimum absolute atomic E-state index is 0.0321. The maximum absolute atomic E-state index is 2.68. The minimum Gasteiger partial charge on any atom is -0.309 e. The first-order chi connectivity index (χ1) is 27.2. The van der Waals surface area contributed by atoms with E-state index in [0.29, 0.717) is 11.8 Å². The van der Waals surface area contributed by atoms with Crippen molar-refractivity contribution in [2.75, 3.05) is 4.90 Å². The first-order valence-electron chi connectivity index (χ1n) is 21.3. The molecule has 0 unspecified atom stereocenters. The molecule has 56 heavy (non-hydrogen) atoms. The fourth-order valence-electron chi connectivity index (χ4n) is 12.7. The van der Waals surface area contributed by atoms with Crippen LogP contribution in [-0.2, 0) is 16.2 Å². The monoisotopic (exact) mass is 747 g/mol. The van der Waals surface area contributed by atoms with E-state index in [9.17, 15) is 0 Å². The fraction of sp³-hybridized carbons (Fsp3) is 0.333. The molecule has 0 aromatic heterocycles. The summed E-state index contributed by atoms with van der Waals surface area (Å²) in [5, 5.41) is 0. The highest BCUT2D eigenvalue weighted by atomic mass is 32.2. The lowest BCUT2D eigenvalue weighted by molar-refractivity contribution is -0.0443. The van der Waals surface area contributed by atoms with E-state index in [2.05, 4.69) is 184 Å². The van der Waals surface area contributed by atoms with E-state index in [1.165, 1.54) is 105 Å². The molecule has 1 heterocycles. The van der Waals surface area contributed by atoms with E-state index in [1.54, 1.807) is 11.1 Å². The van der Waals surface area contributed by atoms with Crippen LogP contribution in [0.5, 0.6) is 0 Å². The molecule has 12 rings (SSSR count). The van der Waals surface area contributed by atoms with Crippen molar-refractivity contribution in [1.82, 2.24) is 0 Å². The van der Waals surface area contributed by atoms with Crippen molar-refractivity contribution in [3.63, 3.8) is 0 Å². The summed E-state index contributed by atoms with van der Waals surface area (Å²) in [7, 11) is 0. The molecular weight excluding hydrogens is 695 g/mol. The zero-order valence-electron chi connectivity index (χ0n) is 33.4. The summed E-state index contributed by atoms with van der Waals surface area (Å²) in [5.74, 6) is 3.15. The Morgan fingerprint density at radius 2 is 1.00 bits per heavy atom. The van der Waals surface area contributed by atoms with Crippen molar-refractivity contribution in [1.29, 1.82) is 0 Å². The first kappa shape index (κ1) is 34.7. The molecule has 5 aliphatic carbocycles. The van der Waals surface area contributed by atoms with Gasteiger partial charge in [-0.15, -0.1) is 0 Å². The molecule has 0 N–H and O–H groups in total. The summed E-state index contributed by atoms with van der Waals surface area (Å²) < 4.78 is 0. The smallest absolute Gasteiger partial charge is 0.0604 e. The highest BCUT2D eigenvalue weighted by molar-refractivity contribution is 7.99. The molecule has 4 saturated carbocycles. The van der Waals surface area contributed by atoms with Gasteiger partial charge in [0.1, 0.15) is 0 Å². The van der Waals surface area contributed by atoms with Gasteiger partial charge in [-0.05, 0) is 148 Å².